The van der Waals surface area contributed by atoms with Gasteiger partial charge in [0.2, 0.25) is 0 Å². The molecule has 0 radical (unpaired) electrons. The zero-order valence-corrected chi connectivity index (χ0v) is 13.5. The molecule has 4 rings (SSSR count). The van der Waals surface area contributed by atoms with Crippen LogP contribution in [0.25, 0.3) is 16.8 Å². The van der Waals surface area contributed by atoms with Gasteiger partial charge in [0.05, 0.1) is 6.20 Å². The summed E-state index contributed by atoms with van der Waals surface area (Å²) in [6.45, 7) is 1.92. The van der Waals surface area contributed by atoms with Crippen LogP contribution >= 0.6 is 0 Å². The van der Waals surface area contributed by atoms with Gasteiger partial charge < -0.3 is 10.6 Å². The summed E-state index contributed by atoms with van der Waals surface area (Å²) in [6.07, 6.45) is 6.21. The van der Waals surface area contributed by atoms with E-state index in [-0.39, 0.29) is 0 Å². The van der Waals surface area contributed by atoms with Crippen LogP contribution in [0.1, 0.15) is 18.4 Å². The average molecular weight is 316 g/mol. The van der Waals surface area contributed by atoms with E-state index in [4.69, 9.17) is 5.73 Å². The molecule has 2 heterocycles. The second-order valence-corrected chi connectivity index (χ2v) is 6.22. The molecule has 1 saturated heterocycles. The molecule has 2 N–H and O–H groups in total. The lowest BCUT2D eigenvalue weighted by molar-refractivity contribution is 0.678. The van der Waals surface area contributed by atoms with Crippen LogP contribution in [0.3, 0.4) is 0 Å². The zero-order valence-electron chi connectivity index (χ0n) is 13.5. The van der Waals surface area contributed by atoms with E-state index in [0.29, 0.717) is 0 Å². The van der Waals surface area contributed by atoms with Crippen molar-refractivity contribution >= 4 is 28.4 Å². The molecule has 0 aliphatic carbocycles. The number of nitrogens with two attached hydrogens (primary N) is 1. The summed E-state index contributed by atoms with van der Waals surface area (Å²) >= 11 is 0. The molecule has 4 nitrogen and oxygen atoms in total. The maximum absolute atomic E-state index is 5.95. The molecule has 120 valence electrons. The Bertz CT molecular complexity index is 877. The zero-order chi connectivity index (χ0) is 16.4. The van der Waals surface area contributed by atoms with Gasteiger partial charge in [0.15, 0.2) is 5.82 Å². The van der Waals surface area contributed by atoms with E-state index in [0.717, 1.165) is 48.2 Å². The number of hydrogen-bond donors (Lipinski definition) is 1. The molecule has 1 aliphatic heterocycles. The fourth-order valence-corrected chi connectivity index (χ4v) is 3.25. The first kappa shape index (κ1) is 14.7. The lowest BCUT2D eigenvalue weighted by atomic mass is 10.0. The first-order chi connectivity index (χ1) is 11.8. The van der Waals surface area contributed by atoms with Crippen molar-refractivity contribution in [3.63, 3.8) is 0 Å². The van der Waals surface area contributed by atoms with Crippen molar-refractivity contribution < 1.29 is 0 Å². The van der Waals surface area contributed by atoms with Gasteiger partial charge in [-0.3, -0.25) is 0 Å². The molecule has 0 amide bonds. The number of aromatic nitrogens is 2. The molecular weight excluding hydrogens is 296 g/mol. The van der Waals surface area contributed by atoms with Crippen molar-refractivity contribution in [3.05, 3.63) is 65.9 Å². The highest BCUT2D eigenvalue weighted by Crippen LogP contribution is 2.29. The molecule has 1 aromatic heterocycles. The summed E-state index contributed by atoms with van der Waals surface area (Å²) in [6, 6.07) is 16.4. The van der Waals surface area contributed by atoms with Gasteiger partial charge in [-0.2, -0.15) is 5.10 Å². The third kappa shape index (κ3) is 2.95. The SMILES string of the molecule is Nc1ccc2cnnc(N3CCC(=Cc4ccccc4)CC3)c2c1. The van der Waals surface area contributed by atoms with Crippen molar-refractivity contribution in [2.45, 2.75) is 12.8 Å². The number of hydrogen-bond acceptors (Lipinski definition) is 4. The van der Waals surface area contributed by atoms with Crippen LogP contribution < -0.4 is 10.6 Å². The van der Waals surface area contributed by atoms with Crippen molar-refractivity contribution in [1.82, 2.24) is 10.2 Å². The number of anilines is 2. The summed E-state index contributed by atoms with van der Waals surface area (Å²) in [7, 11) is 0. The summed E-state index contributed by atoms with van der Waals surface area (Å²) in [4.78, 5) is 2.32. The second-order valence-electron chi connectivity index (χ2n) is 6.22. The highest BCUT2D eigenvalue weighted by Gasteiger charge is 2.18. The van der Waals surface area contributed by atoms with E-state index >= 15 is 0 Å². The fourth-order valence-electron chi connectivity index (χ4n) is 3.25. The third-order valence-electron chi connectivity index (χ3n) is 4.54. The van der Waals surface area contributed by atoms with Crippen molar-refractivity contribution in [2.75, 3.05) is 23.7 Å². The van der Waals surface area contributed by atoms with Gasteiger partial charge >= 0.3 is 0 Å². The quantitative estimate of drug-likeness (QED) is 0.729. The molecule has 0 spiro atoms. The Morgan fingerprint density at radius 2 is 1.79 bits per heavy atom. The minimum Gasteiger partial charge on any atom is -0.399 e. The molecule has 0 unspecified atom stereocenters. The van der Waals surface area contributed by atoms with Crippen LogP contribution in [-0.2, 0) is 0 Å². The maximum atomic E-state index is 5.95. The Labute approximate surface area is 141 Å². The molecule has 4 heteroatoms. The number of nitrogen functional groups attached to an aromatic ring is 1. The Balaban J connectivity index is 1.56. The lowest BCUT2D eigenvalue weighted by Gasteiger charge is -2.30. The predicted octanol–water partition coefficient (Wildman–Crippen LogP) is 3.90. The van der Waals surface area contributed by atoms with E-state index in [9.17, 15) is 0 Å². The van der Waals surface area contributed by atoms with Gasteiger partial charge in [-0.15, -0.1) is 5.10 Å². The first-order valence-corrected chi connectivity index (χ1v) is 8.30. The second kappa shape index (κ2) is 6.32. The summed E-state index contributed by atoms with van der Waals surface area (Å²) in [5.41, 5.74) is 9.48. The molecule has 3 aromatic rings. The van der Waals surface area contributed by atoms with Gasteiger partial charge in [-0.25, -0.2) is 0 Å². The molecule has 0 bridgehead atoms. The van der Waals surface area contributed by atoms with E-state index in [1.54, 1.807) is 6.20 Å². The monoisotopic (exact) mass is 316 g/mol. The van der Waals surface area contributed by atoms with Crippen LogP contribution in [0.2, 0.25) is 0 Å². The van der Waals surface area contributed by atoms with Crippen LogP contribution in [0, 0.1) is 0 Å². The van der Waals surface area contributed by atoms with Crippen LogP contribution in [0.5, 0.6) is 0 Å². The number of piperidine rings is 1. The fraction of sp³-hybridized carbons (Fsp3) is 0.200. The van der Waals surface area contributed by atoms with E-state index < -0.39 is 0 Å². The molecule has 1 fully saturated rings. The Hall–Kier alpha value is -2.88. The van der Waals surface area contributed by atoms with Gasteiger partial charge in [0.25, 0.3) is 0 Å². The largest absolute Gasteiger partial charge is 0.399 e. The van der Waals surface area contributed by atoms with Gasteiger partial charge in [-0.05, 0) is 30.5 Å². The standard InChI is InChI=1S/C20H20N4/c21-18-7-6-17-14-22-23-20(19(17)13-18)24-10-8-16(9-11-24)12-15-4-2-1-3-5-15/h1-7,12-14H,8-11,21H2. The summed E-state index contributed by atoms with van der Waals surface area (Å²) < 4.78 is 0. The Morgan fingerprint density at radius 3 is 2.58 bits per heavy atom. The number of nitrogens with zero attached hydrogens (tertiary/aromatic N) is 3. The highest BCUT2D eigenvalue weighted by atomic mass is 15.3. The van der Waals surface area contributed by atoms with Gasteiger partial charge in [0, 0.05) is 29.5 Å². The first-order valence-electron chi connectivity index (χ1n) is 8.30. The smallest absolute Gasteiger partial charge is 0.159 e. The molecule has 0 saturated carbocycles. The maximum Gasteiger partial charge on any atom is 0.159 e. The average Bonchev–Trinajstić information content (AvgIpc) is 2.63. The van der Waals surface area contributed by atoms with E-state index in [2.05, 4.69) is 51.5 Å². The summed E-state index contributed by atoms with van der Waals surface area (Å²) in [5, 5.41) is 10.7. The lowest BCUT2D eigenvalue weighted by Crippen LogP contribution is -2.31. The highest BCUT2D eigenvalue weighted by molar-refractivity contribution is 5.93. The van der Waals surface area contributed by atoms with Crippen LogP contribution in [-0.4, -0.2) is 23.3 Å². The predicted molar refractivity (Wildman–Crippen MR) is 99.8 cm³/mol. The third-order valence-corrected chi connectivity index (χ3v) is 4.54. The Morgan fingerprint density at radius 1 is 1.00 bits per heavy atom. The van der Waals surface area contributed by atoms with Crippen molar-refractivity contribution in [2.24, 2.45) is 0 Å². The number of benzene rings is 2. The molecule has 1 aliphatic rings. The van der Waals surface area contributed by atoms with Gasteiger partial charge in [0.1, 0.15) is 0 Å². The van der Waals surface area contributed by atoms with Crippen molar-refractivity contribution in [1.29, 1.82) is 0 Å². The van der Waals surface area contributed by atoms with Crippen LogP contribution in [0.15, 0.2) is 60.3 Å². The van der Waals surface area contributed by atoms with E-state index in [1.165, 1.54) is 11.1 Å². The van der Waals surface area contributed by atoms with Crippen molar-refractivity contribution in [3.8, 4) is 0 Å². The molecule has 24 heavy (non-hydrogen) atoms. The van der Waals surface area contributed by atoms with Crippen LogP contribution in [0.4, 0.5) is 11.5 Å². The Kier molecular flexibility index (Phi) is 3.87. The topological polar surface area (TPSA) is 55.0 Å². The number of fused-ring (bicyclic) bond motifs is 1. The minimum atomic E-state index is 0.762. The number of rotatable bonds is 2. The minimum absolute atomic E-state index is 0.762. The molecular formula is C20H20N4. The molecule has 2 aromatic carbocycles. The summed E-state index contributed by atoms with van der Waals surface area (Å²) in [5.74, 6) is 0.943. The normalized spacial score (nSPS) is 14.8. The van der Waals surface area contributed by atoms with Gasteiger partial charge in [-0.1, -0.05) is 48.0 Å². The molecule has 0 atom stereocenters. The van der Waals surface area contributed by atoms with E-state index in [1.807, 2.05) is 18.2 Å².